The first-order valence-corrected chi connectivity index (χ1v) is 12.3. The number of aromatic nitrogens is 2. The lowest BCUT2D eigenvalue weighted by atomic mass is 10.2. The molecule has 1 fully saturated rings. The molecule has 1 N–H and O–H groups in total. The summed E-state index contributed by atoms with van der Waals surface area (Å²) in [6.45, 7) is 4.08. The van der Waals surface area contributed by atoms with Crippen LogP contribution in [0.3, 0.4) is 0 Å². The normalized spacial score (nSPS) is 14.3. The maximum Gasteiger partial charge on any atom is 0.259 e. The van der Waals surface area contributed by atoms with Crippen LogP contribution in [0.1, 0.15) is 15.9 Å². The van der Waals surface area contributed by atoms with Crippen LogP contribution in [-0.4, -0.2) is 63.7 Å². The maximum absolute atomic E-state index is 12.6. The highest BCUT2D eigenvalue weighted by molar-refractivity contribution is 8.01. The summed E-state index contributed by atoms with van der Waals surface area (Å²) < 4.78 is 0.635. The monoisotopic (exact) mass is 487 g/mol. The van der Waals surface area contributed by atoms with Crippen LogP contribution in [0.15, 0.2) is 58.9 Å². The predicted molar refractivity (Wildman–Crippen MR) is 128 cm³/mol. The third-order valence-corrected chi connectivity index (χ3v) is 7.32. The molecule has 32 heavy (non-hydrogen) atoms. The fourth-order valence-electron chi connectivity index (χ4n) is 3.34. The van der Waals surface area contributed by atoms with Crippen molar-refractivity contribution in [2.24, 2.45) is 0 Å². The molecule has 1 aromatic heterocycles. The summed E-state index contributed by atoms with van der Waals surface area (Å²) in [5, 5.41) is 11.5. The van der Waals surface area contributed by atoms with Crippen molar-refractivity contribution in [1.82, 2.24) is 20.0 Å². The number of benzene rings is 2. The molecule has 0 radical (unpaired) electrons. The Morgan fingerprint density at radius 3 is 2.47 bits per heavy atom. The molecule has 0 unspecified atom stereocenters. The first kappa shape index (κ1) is 22.7. The molecular weight excluding hydrogens is 466 g/mol. The Hall–Kier alpha value is -2.46. The second kappa shape index (κ2) is 10.9. The fourth-order valence-corrected chi connectivity index (χ4v) is 5.21. The molecular formula is C22H22ClN5O2S2. The minimum absolute atomic E-state index is 0.0891. The van der Waals surface area contributed by atoms with Crippen LogP contribution in [0.5, 0.6) is 0 Å². The van der Waals surface area contributed by atoms with Crippen LogP contribution in [0, 0.1) is 0 Å². The van der Waals surface area contributed by atoms with Crippen molar-refractivity contribution < 1.29 is 9.59 Å². The first-order chi connectivity index (χ1) is 15.6. The number of carbonyl (C=O) groups excluding carboxylic acids is 2. The molecule has 0 atom stereocenters. The number of carbonyl (C=O) groups is 2. The second-order valence-corrected chi connectivity index (χ2v) is 9.85. The van der Waals surface area contributed by atoms with Crippen molar-refractivity contribution in [1.29, 1.82) is 0 Å². The summed E-state index contributed by atoms with van der Waals surface area (Å²) in [6.07, 6.45) is 0. The van der Waals surface area contributed by atoms with Gasteiger partial charge in [-0.2, -0.15) is 0 Å². The number of anilines is 1. The number of hydrogen-bond donors (Lipinski definition) is 1. The van der Waals surface area contributed by atoms with Gasteiger partial charge >= 0.3 is 0 Å². The van der Waals surface area contributed by atoms with Crippen LogP contribution in [0.2, 0.25) is 5.02 Å². The Morgan fingerprint density at radius 1 is 1.00 bits per heavy atom. The second-order valence-electron chi connectivity index (χ2n) is 7.24. The molecule has 0 aliphatic carbocycles. The molecule has 2 aromatic carbocycles. The maximum atomic E-state index is 12.6. The van der Waals surface area contributed by atoms with Gasteiger partial charge in [-0.25, -0.2) is 0 Å². The molecule has 3 aromatic rings. The summed E-state index contributed by atoms with van der Waals surface area (Å²) in [6, 6.07) is 17.2. The molecule has 166 valence electrons. The van der Waals surface area contributed by atoms with Crippen LogP contribution < -0.4 is 5.32 Å². The lowest BCUT2D eigenvalue weighted by Gasteiger charge is -2.34. The van der Waals surface area contributed by atoms with Gasteiger partial charge in [-0.1, -0.05) is 77.2 Å². The summed E-state index contributed by atoms with van der Waals surface area (Å²) in [4.78, 5) is 29.2. The fraction of sp³-hybridized carbons (Fsp3) is 0.273. The zero-order valence-electron chi connectivity index (χ0n) is 17.2. The summed E-state index contributed by atoms with van der Waals surface area (Å²) in [5.41, 5.74) is 1.66. The number of rotatable bonds is 7. The van der Waals surface area contributed by atoms with E-state index in [0.717, 1.165) is 32.7 Å². The van der Waals surface area contributed by atoms with Crippen molar-refractivity contribution in [3.63, 3.8) is 0 Å². The van der Waals surface area contributed by atoms with Gasteiger partial charge in [0.25, 0.3) is 5.91 Å². The van der Waals surface area contributed by atoms with E-state index >= 15 is 0 Å². The van der Waals surface area contributed by atoms with Crippen molar-refractivity contribution in [2.45, 2.75) is 10.9 Å². The molecule has 1 aliphatic rings. The van der Waals surface area contributed by atoms with Crippen LogP contribution in [0.4, 0.5) is 5.13 Å². The van der Waals surface area contributed by atoms with E-state index in [1.54, 1.807) is 24.3 Å². The highest BCUT2D eigenvalue weighted by Crippen LogP contribution is 2.27. The number of amides is 2. The van der Waals surface area contributed by atoms with Gasteiger partial charge in [0.1, 0.15) is 0 Å². The first-order valence-electron chi connectivity index (χ1n) is 10.1. The molecule has 4 rings (SSSR count). The quantitative estimate of drug-likeness (QED) is 0.402. The van der Waals surface area contributed by atoms with E-state index in [9.17, 15) is 9.59 Å². The van der Waals surface area contributed by atoms with E-state index in [1.165, 1.54) is 28.7 Å². The number of halogens is 1. The predicted octanol–water partition coefficient (Wildman–Crippen LogP) is 3.88. The molecule has 0 saturated carbocycles. The SMILES string of the molecule is O=C(Nc1nnc(SCC(=O)N2CCN(Cc3ccccc3)CC2)s1)c1ccccc1Cl. The number of thioether (sulfide) groups is 1. The lowest BCUT2D eigenvalue weighted by Crippen LogP contribution is -2.48. The number of piperazine rings is 1. The van der Waals surface area contributed by atoms with E-state index < -0.39 is 0 Å². The van der Waals surface area contributed by atoms with E-state index in [4.69, 9.17) is 11.6 Å². The van der Waals surface area contributed by atoms with E-state index in [-0.39, 0.29) is 11.8 Å². The summed E-state index contributed by atoms with van der Waals surface area (Å²) >= 11 is 8.63. The van der Waals surface area contributed by atoms with Gasteiger partial charge in [-0.3, -0.25) is 19.8 Å². The highest BCUT2D eigenvalue weighted by Gasteiger charge is 2.22. The zero-order valence-corrected chi connectivity index (χ0v) is 19.6. The van der Waals surface area contributed by atoms with Crippen LogP contribution in [0.25, 0.3) is 0 Å². The Kier molecular flexibility index (Phi) is 7.75. The number of hydrogen-bond acceptors (Lipinski definition) is 7. The summed E-state index contributed by atoms with van der Waals surface area (Å²) in [5.74, 6) is 0.0464. The molecule has 1 aliphatic heterocycles. The molecule has 0 spiro atoms. The van der Waals surface area contributed by atoms with E-state index in [2.05, 4.69) is 32.5 Å². The van der Waals surface area contributed by atoms with Gasteiger partial charge < -0.3 is 4.90 Å². The molecule has 2 heterocycles. The average molecular weight is 488 g/mol. The summed E-state index contributed by atoms with van der Waals surface area (Å²) in [7, 11) is 0. The minimum atomic E-state index is -0.340. The number of nitrogens with zero attached hydrogens (tertiary/aromatic N) is 4. The smallest absolute Gasteiger partial charge is 0.259 e. The van der Waals surface area contributed by atoms with Gasteiger partial charge in [0.2, 0.25) is 11.0 Å². The Bertz CT molecular complexity index is 1070. The number of nitrogens with one attached hydrogen (secondary N) is 1. The van der Waals surface area contributed by atoms with Crippen molar-refractivity contribution in [2.75, 3.05) is 37.2 Å². The van der Waals surface area contributed by atoms with Gasteiger partial charge in [0, 0.05) is 32.7 Å². The lowest BCUT2D eigenvalue weighted by molar-refractivity contribution is -0.130. The van der Waals surface area contributed by atoms with Gasteiger partial charge in [-0.15, -0.1) is 10.2 Å². The van der Waals surface area contributed by atoms with Gasteiger partial charge in [-0.05, 0) is 17.7 Å². The molecule has 2 amide bonds. The Morgan fingerprint density at radius 2 is 1.72 bits per heavy atom. The standard InChI is InChI=1S/C22H22ClN5O2S2/c23-18-9-5-4-8-17(18)20(30)24-21-25-26-22(32-21)31-15-19(29)28-12-10-27(11-13-28)14-16-6-2-1-3-7-16/h1-9H,10-15H2,(H,24,25,30). The molecule has 10 heteroatoms. The van der Waals surface area contributed by atoms with Gasteiger partial charge in [0.15, 0.2) is 4.34 Å². The molecule has 1 saturated heterocycles. The third-order valence-electron chi connectivity index (χ3n) is 5.04. The average Bonchev–Trinajstić information content (AvgIpc) is 3.26. The minimum Gasteiger partial charge on any atom is -0.339 e. The Balaban J connectivity index is 1.22. The molecule has 7 nitrogen and oxygen atoms in total. The van der Waals surface area contributed by atoms with Crippen molar-refractivity contribution in [3.8, 4) is 0 Å². The van der Waals surface area contributed by atoms with E-state index in [0.29, 0.717) is 25.8 Å². The van der Waals surface area contributed by atoms with E-state index in [1.807, 2.05) is 23.1 Å². The molecule has 0 bridgehead atoms. The Labute approximate surface area is 199 Å². The topological polar surface area (TPSA) is 78.4 Å². The zero-order chi connectivity index (χ0) is 22.3. The van der Waals surface area contributed by atoms with Crippen LogP contribution >= 0.6 is 34.7 Å². The van der Waals surface area contributed by atoms with Crippen molar-refractivity contribution in [3.05, 3.63) is 70.7 Å². The third kappa shape index (κ3) is 6.07. The van der Waals surface area contributed by atoms with Crippen LogP contribution in [-0.2, 0) is 11.3 Å². The van der Waals surface area contributed by atoms with Gasteiger partial charge in [0.05, 0.1) is 16.3 Å². The largest absolute Gasteiger partial charge is 0.339 e. The van der Waals surface area contributed by atoms with Crippen molar-refractivity contribution >= 4 is 51.6 Å². The highest BCUT2D eigenvalue weighted by atomic mass is 35.5.